The van der Waals surface area contributed by atoms with Crippen LogP contribution in [0.3, 0.4) is 0 Å². The lowest BCUT2D eigenvalue weighted by molar-refractivity contribution is -0.159. The zero-order valence-electron chi connectivity index (χ0n) is 11.1. The summed E-state index contributed by atoms with van der Waals surface area (Å²) >= 11 is 5.63. The molecule has 1 saturated heterocycles. The predicted octanol–water partition coefficient (Wildman–Crippen LogP) is 0.813. The van der Waals surface area contributed by atoms with Crippen LogP contribution in [0.5, 0.6) is 0 Å². The van der Waals surface area contributed by atoms with Gasteiger partial charge in [0.05, 0.1) is 0 Å². The Morgan fingerprint density at radius 3 is 2.85 bits per heavy atom. The smallest absolute Gasteiger partial charge is 0.347 e. The first-order chi connectivity index (χ1) is 9.45. The van der Waals surface area contributed by atoms with Gasteiger partial charge in [-0.25, -0.2) is 4.79 Å². The van der Waals surface area contributed by atoms with E-state index >= 15 is 0 Å². The molecule has 2 rings (SSSR count). The fourth-order valence-corrected chi connectivity index (χ4v) is 1.90. The molecular formula is C12H14ClN3O4. The quantitative estimate of drug-likeness (QED) is 0.761. The van der Waals surface area contributed by atoms with Crippen LogP contribution in [0, 0.1) is 0 Å². The summed E-state index contributed by atoms with van der Waals surface area (Å²) in [4.78, 5) is 24.7. The third kappa shape index (κ3) is 3.57. The maximum Gasteiger partial charge on any atom is 0.347 e. The monoisotopic (exact) mass is 299 g/mol. The van der Waals surface area contributed by atoms with Gasteiger partial charge >= 0.3 is 11.9 Å². The van der Waals surface area contributed by atoms with Gasteiger partial charge in [0, 0.05) is 13.5 Å². The molecule has 0 radical (unpaired) electrons. The lowest BCUT2D eigenvalue weighted by Crippen LogP contribution is -2.32. The van der Waals surface area contributed by atoms with Gasteiger partial charge in [0.15, 0.2) is 11.0 Å². The van der Waals surface area contributed by atoms with Gasteiger partial charge in [-0.2, -0.15) is 0 Å². The van der Waals surface area contributed by atoms with Crippen molar-refractivity contribution in [2.75, 3.05) is 18.5 Å². The van der Waals surface area contributed by atoms with Crippen LogP contribution in [0.4, 0.5) is 5.82 Å². The van der Waals surface area contributed by atoms with Crippen molar-refractivity contribution < 1.29 is 19.1 Å². The molecule has 7 nitrogen and oxygen atoms in total. The van der Waals surface area contributed by atoms with E-state index in [0.29, 0.717) is 12.2 Å². The summed E-state index contributed by atoms with van der Waals surface area (Å²) in [5, 5.41) is 7.79. The molecule has 1 aromatic heterocycles. The first-order valence-electron chi connectivity index (χ1n) is 6.06. The van der Waals surface area contributed by atoms with E-state index in [-0.39, 0.29) is 17.8 Å². The highest BCUT2D eigenvalue weighted by Crippen LogP contribution is 2.18. The van der Waals surface area contributed by atoms with Crippen LogP contribution in [-0.2, 0) is 19.1 Å². The zero-order chi connectivity index (χ0) is 14.7. The number of hydrogen-bond acceptors (Lipinski definition) is 7. The molecule has 0 aromatic carbocycles. The van der Waals surface area contributed by atoms with E-state index in [1.807, 2.05) is 0 Å². The summed E-state index contributed by atoms with van der Waals surface area (Å²) < 4.78 is 9.99. The summed E-state index contributed by atoms with van der Waals surface area (Å²) in [6, 6.07) is 3.20. The van der Waals surface area contributed by atoms with Crippen molar-refractivity contribution in [1.29, 1.82) is 0 Å². The van der Waals surface area contributed by atoms with Crippen molar-refractivity contribution in [1.82, 2.24) is 10.2 Å². The van der Waals surface area contributed by atoms with E-state index in [1.165, 1.54) is 0 Å². The van der Waals surface area contributed by atoms with Crippen molar-refractivity contribution in [3.05, 3.63) is 17.3 Å². The Morgan fingerprint density at radius 2 is 2.30 bits per heavy atom. The molecule has 0 N–H and O–H groups in total. The number of aromatic nitrogens is 2. The number of rotatable bonds is 4. The van der Waals surface area contributed by atoms with E-state index in [2.05, 4.69) is 10.2 Å². The number of anilines is 1. The zero-order valence-corrected chi connectivity index (χ0v) is 11.8. The van der Waals surface area contributed by atoms with Gasteiger partial charge in [-0.3, -0.25) is 4.79 Å². The van der Waals surface area contributed by atoms with Gasteiger partial charge in [-0.15, -0.1) is 10.2 Å². The minimum absolute atomic E-state index is 0.0471. The van der Waals surface area contributed by atoms with E-state index in [4.69, 9.17) is 21.1 Å². The fraction of sp³-hybridized carbons (Fsp3) is 0.500. The molecule has 0 aliphatic carbocycles. The normalized spacial score (nSPS) is 21.4. The molecular weight excluding hydrogens is 286 g/mol. The Bertz CT molecular complexity index is 508. The maximum atomic E-state index is 11.8. The van der Waals surface area contributed by atoms with Crippen LogP contribution in [0.1, 0.15) is 13.3 Å². The first kappa shape index (κ1) is 14.5. The molecule has 8 heteroatoms. The van der Waals surface area contributed by atoms with Crippen molar-refractivity contribution in [3.63, 3.8) is 0 Å². The molecule has 0 spiro atoms. The number of halogens is 1. The summed E-state index contributed by atoms with van der Waals surface area (Å²) in [5.41, 5.74) is 0. The lowest BCUT2D eigenvalue weighted by Gasteiger charge is -2.17. The standard InChI is InChI=1S/C12H14ClN3O4/c1-7-5-8(12(18)19-7)20-11(17)6-16(2)10-4-3-9(13)14-15-10/h3-4,7-8H,5-6H2,1-2H3/t7-,8-/m0/s1. The third-order valence-electron chi connectivity index (χ3n) is 2.78. The van der Waals surface area contributed by atoms with Gasteiger partial charge < -0.3 is 14.4 Å². The number of cyclic esters (lactones) is 1. The highest BCUT2D eigenvalue weighted by atomic mass is 35.5. The number of carbonyl (C=O) groups is 2. The van der Waals surface area contributed by atoms with Crippen molar-refractivity contribution in [3.8, 4) is 0 Å². The molecule has 2 heterocycles. The molecule has 108 valence electrons. The second kappa shape index (κ2) is 6.04. The molecule has 1 fully saturated rings. The van der Waals surface area contributed by atoms with Gasteiger partial charge in [-0.05, 0) is 19.1 Å². The van der Waals surface area contributed by atoms with Gasteiger partial charge in [0.25, 0.3) is 0 Å². The number of carbonyl (C=O) groups excluding carboxylic acids is 2. The van der Waals surface area contributed by atoms with Crippen LogP contribution < -0.4 is 4.90 Å². The molecule has 1 aromatic rings. The van der Waals surface area contributed by atoms with Crippen LogP contribution in [-0.4, -0.2) is 47.9 Å². The van der Waals surface area contributed by atoms with E-state index in [9.17, 15) is 9.59 Å². The minimum Gasteiger partial charge on any atom is -0.460 e. The number of ether oxygens (including phenoxy) is 2. The van der Waals surface area contributed by atoms with Crippen molar-refractivity contribution >= 4 is 29.4 Å². The number of esters is 2. The molecule has 1 aliphatic heterocycles. The summed E-state index contributed by atoms with van der Waals surface area (Å²) in [5.74, 6) is -0.547. The predicted molar refractivity (Wildman–Crippen MR) is 70.4 cm³/mol. The molecule has 1 aliphatic rings. The SMILES string of the molecule is C[C@H]1C[C@H](OC(=O)CN(C)c2ccc(Cl)nn2)C(=O)O1. The van der Waals surface area contributed by atoms with E-state index in [0.717, 1.165) is 0 Å². The Balaban J connectivity index is 1.88. The molecule has 0 unspecified atom stereocenters. The topological polar surface area (TPSA) is 81.6 Å². The Hall–Kier alpha value is -1.89. The Kier molecular flexibility index (Phi) is 4.39. The van der Waals surface area contributed by atoms with Crippen LogP contribution in [0.15, 0.2) is 12.1 Å². The molecule has 20 heavy (non-hydrogen) atoms. The second-order valence-corrected chi connectivity index (χ2v) is 4.92. The molecule has 0 saturated carbocycles. The highest BCUT2D eigenvalue weighted by molar-refractivity contribution is 6.29. The van der Waals surface area contributed by atoms with Crippen LogP contribution in [0.2, 0.25) is 5.15 Å². The summed E-state index contributed by atoms with van der Waals surface area (Å²) in [6.45, 7) is 1.70. The summed E-state index contributed by atoms with van der Waals surface area (Å²) in [7, 11) is 1.66. The van der Waals surface area contributed by atoms with Crippen molar-refractivity contribution in [2.24, 2.45) is 0 Å². The Labute approximate surface area is 120 Å². The number of nitrogens with zero attached hydrogens (tertiary/aromatic N) is 3. The van der Waals surface area contributed by atoms with Gasteiger partial charge in [-0.1, -0.05) is 11.6 Å². The molecule has 2 atom stereocenters. The second-order valence-electron chi connectivity index (χ2n) is 4.53. The minimum atomic E-state index is -0.817. The highest BCUT2D eigenvalue weighted by Gasteiger charge is 2.35. The summed E-state index contributed by atoms with van der Waals surface area (Å²) in [6.07, 6.45) is -0.656. The fourth-order valence-electron chi connectivity index (χ4n) is 1.80. The average molecular weight is 300 g/mol. The van der Waals surface area contributed by atoms with Gasteiger partial charge in [0.1, 0.15) is 12.6 Å². The van der Waals surface area contributed by atoms with Crippen LogP contribution >= 0.6 is 11.6 Å². The van der Waals surface area contributed by atoms with Crippen molar-refractivity contribution in [2.45, 2.75) is 25.6 Å². The number of hydrogen-bond donors (Lipinski definition) is 0. The Morgan fingerprint density at radius 1 is 1.55 bits per heavy atom. The lowest BCUT2D eigenvalue weighted by atomic mass is 10.2. The van der Waals surface area contributed by atoms with Crippen LogP contribution in [0.25, 0.3) is 0 Å². The van der Waals surface area contributed by atoms with Gasteiger partial charge in [0.2, 0.25) is 6.10 Å². The van der Waals surface area contributed by atoms with E-state index < -0.39 is 18.0 Å². The first-order valence-corrected chi connectivity index (χ1v) is 6.44. The maximum absolute atomic E-state index is 11.8. The van der Waals surface area contributed by atoms with E-state index in [1.54, 1.807) is 31.0 Å². The molecule has 0 bridgehead atoms. The third-order valence-corrected chi connectivity index (χ3v) is 2.98. The number of likely N-dealkylation sites (N-methyl/N-ethyl adjacent to an activating group) is 1. The largest absolute Gasteiger partial charge is 0.460 e. The molecule has 0 amide bonds. The average Bonchev–Trinajstić information content (AvgIpc) is 2.68.